The number of halogens is 1. The van der Waals surface area contributed by atoms with Crippen LogP contribution in [0, 0.1) is 17.8 Å². The van der Waals surface area contributed by atoms with Crippen LogP contribution >= 0.6 is 22.9 Å². The van der Waals surface area contributed by atoms with Crippen molar-refractivity contribution in [2.45, 2.75) is 19.8 Å². The van der Waals surface area contributed by atoms with Gasteiger partial charge in [0.1, 0.15) is 0 Å². The van der Waals surface area contributed by atoms with Crippen LogP contribution < -0.4 is 5.32 Å². The lowest BCUT2D eigenvalue weighted by molar-refractivity contribution is -0.119. The Morgan fingerprint density at radius 1 is 1.48 bits per heavy atom. The van der Waals surface area contributed by atoms with Gasteiger partial charge >= 0.3 is 0 Å². The third-order valence-corrected chi connectivity index (χ3v) is 5.25. The summed E-state index contributed by atoms with van der Waals surface area (Å²) in [6, 6.07) is 7.49. The Kier molecular flexibility index (Phi) is 5.08. The molecule has 1 fully saturated rings. The van der Waals surface area contributed by atoms with Gasteiger partial charge in [-0.3, -0.25) is 4.79 Å². The third-order valence-electron chi connectivity index (χ3n) is 4.25. The van der Waals surface area contributed by atoms with E-state index in [1.54, 1.807) is 6.08 Å². The van der Waals surface area contributed by atoms with Gasteiger partial charge in [-0.25, -0.2) is 4.98 Å². The molecule has 2 aromatic rings. The van der Waals surface area contributed by atoms with E-state index in [1.165, 1.54) is 11.3 Å². The molecule has 1 amide bonds. The fourth-order valence-corrected chi connectivity index (χ4v) is 3.68. The number of thiazole rings is 1. The van der Waals surface area contributed by atoms with E-state index in [0.29, 0.717) is 10.2 Å². The van der Waals surface area contributed by atoms with Gasteiger partial charge in [-0.1, -0.05) is 35.7 Å². The summed E-state index contributed by atoms with van der Waals surface area (Å²) < 4.78 is 0. The molecule has 25 heavy (non-hydrogen) atoms. The van der Waals surface area contributed by atoms with Crippen LogP contribution in [0.4, 0.5) is 5.13 Å². The zero-order valence-electron chi connectivity index (χ0n) is 13.8. The van der Waals surface area contributed by atoms with Crippen LogP contribution in [-0.4, -0.2) is 10.9 Å². The van der Waals surface area contributed by atoms with Crippen molar-refractivity contribution in [2.24, 2.45) is 5.41 Å². The highest BCUT2D eigenvalue weighted by molar-refractivity contribution is 7.14. The molecule has 3 rings (SSSR count). The van der Waals surface area contributed by atoms with Crippen LogP contribution in [0.3, 0.4) is 0 Å². The van der Waals surface area contributed by atoms with E-state index < -0.39 is 5.41 Å². The normalized spacial score (nSPS) is 15.8. The smallest absolute Gasteiger partial charge is 0.236 e. The second-order valence-electron chi connectivity index (χ2n) is 5.83. The Bertz CT molecular complexity index is 900. The molecular formula is C20H17ClN2OS. The monoisotopic (exact) mass is 368 g/mol. The summed E-state index contributed by atoms with van der Waals surface area (Å²) in [5.41, 5.74) is 2.20. The van der Waals surface area contributed by atoms with E-state index >= 15 is 0 Å². The number of amides is 1. The first-order valence-electron chi connectivity index (χ1n) is 7.91. The topological polar surface area (TPSA) is 42.0 Å². The summed E-state index contributed by atoms with van der Waals surface area (Å²) in [6.45, 7) is 1.92. The Morgan fingerprint density at radius 3 is 2.92 bits per heavy atom. The van der Waals surface area contributed by atoms with Crippen molar-refractivity contribution in [3.05, 3.63) is 58.5 Å². The number of terminal acetylenes is 1. The maximum atomic E-state index is 12.8. The Balaban J connectivity index is 1.76. The minimum absolute atomic E-state index is 0.0331. The molecule has 0 aliphatic heterocycles. The second kappa shape index (κ2) is 7.26. The van der Waals surface area contributed by atoms with Crippen LogP contribution in [0.2, 0.25) is 5.02 Å². The van der Waals surface area contributed by atoms with Crippen molar-refractivity contribution in [3.63, 3.8) is 0 Å². The Hall–Kier alpha value is -2.35. The maximum Gasteiger partial charge on any atom is 0.236 e. The summed E-state index contributed by atoms with van der Waals surface area (Å²) in [5, 5.41) is 6.11. The zero-order chi connectivity index (χ0) is 17.9. The molecule has 0 bridgehead atoms. The highest BCUT2D eigenvalue weighted by atomic mass is 35.5. The van der Waals surface area contributed by atoms with Crippen molar-refractivity contribution in [1.82, 2.24) is 4.98 Å². The van der Waals surface area contributed by atoms with Crippen molar-refractivity contribution in [2.75, 3.05) is 5.32 Å². The molecule has 0 unspecified atom stereocenters. The Labute approximate surface area is 156 Å². The standard InChI is InChI=1S/C20H17ClN2OS/c1-3-5-8-15(4-2)20(10-11-20)18(24)23-19-22-17(13-25-19)14-7-6-9-16(21)12-14/h1,4-9,12-13H,10-11H2,2H3,(H,22,23,24)/b8-5-,15-4+. The zero-order valence-corrected chi connectivity index (χ0v) is 15.3. The largest absolute Gasteiger partial charge is 0.301 e. The first-order valence-corrected chi connectivity index (χ1v) is 9.17. The van der Waals surface area contributed by atoms with Gasteiger partial charge in [-0.15, -0.1) is 17.8 Å². The SMILES string of the molecule is C#C/C=C\C(=C/C)C1(C(=O)Nc2nc(-c3cccc(Cl)c3)cs2)CC1. The molecule has 1 heterocycles. The molecule has 1 aliphatic carbocycles. The summed E-state index contributed by atoms with van der Waals surface area (Å²) >= 11 is 7.43. The molecular weight excluding hydrogens is 352 g/mol. The molecule has 1 aromatic carbocycles. The average molecular weight is 369 g/mol. The molecule has 5 heteroatoms. The van der Waals surface area contributed by atoms with Gasteiger partial charge in [0.2, 0.25) is 5.91 Å². The number of nitrogens with zero attached hydrogens (tertiary/aromatic N) is 1. The molecule has 0 radical (unpaired) electrons. The van der Waals surface area contributed by atoms with Gasteiger partial charge in [0.25, 0.3) is 0 Å². The molecule has 3 nitrogen and oxygen atoms in total. The number of benzene rings is 1. The van der Waals surface area contributed by atoms with E-state index in [2.05, 4.69) is 16.2 Å². The quantitative estimate of drug-likeness (QED) is 0.573. The number of carbonyl (C=O) groups excluding carboxylic acids is 1. The minimum atomic E-state index is -0.482. The lowest BCUT2D eigenvalue weighted by Gasteiger charge is -2.15. The second-order valence-corrected chi connectivity index (χ2v) is 7.12. The predicted octanol–water partition coefficient (Wildman–Crippen LogP) is 5.32. The number of anilines is 1. The summed E-state index contributed by atoms with van der Waals surface area (Å²) in [6.07, 6.45) is 12.3. The number of rotatable bonds is 5. The summed E-state index contributed by atoms with van der Waals surface area (Å²) in [4.78, 5) is 17.3. The van der Waals surface area contributed by atoms with E-state index in [4.69, 9.17) is 18.0 Å². The van der Waals surface area contributed by atoms with Crippen LogP contribution in [0.15, 0.2) is 53.4 Å². The summed E-state index contributed by atoms with van der Waals surface area (Å²) in [7, 11) is 0. The van der Waals surface area contributed by atoms with Crippen LogP contribution in [0.1, 0.15) is 19.8 Å². The van der Waals surface area contributed by atoms with Crippen LogP contribution in [-0.2, 0) is 4.79 Å². The first-order chi connectivity index (χ1) is 12.1. The van der Waals surface area contributed by atoms with Gasteiger partial charge in [0, 0.05) is 16.0 Å². The van der Waals surface area contributed by atoms with Crippen LogP contribution in [0.5, 0.6) is 0 Å². The fourth-order valence-electron chi connectivity index (χ4n) is 2.77. The number of allylic oxidation sites excluding steroid dienone is 3. The van der Waals surface area contributed by atoms with Gasteiger partial charge in [-0.05, 0) is 49.6 Å². The number of carbonyl (C=O) groups is 1. The first kappa shape index (κ1) is 17.5. The number of hydrogen-bond donors (Lipinski definition) is 1. The maximum absolute atomic E-state index is 12.8. The number of nitrogens with one attached hydrogen (secondary N) is 1. The molecule has 0 spiro atoms. The van der Waals surface area contributed by atoms with Gasteiger partial charge in [0.15, 0.2) is 5.13 Å². The Morgan fingerprint density at radius 2 is 2.28 bits per heavy atom. The van der Waals surface area contributed by atoms with E-state index in [0.717, 1.165) is 29.7 Å². The van der Waals surface area contributed by atoms with Gasteiger partial charge < -0.3 is 5.32 Å². The fraction of sp³-hybridized carbons (Fsp3) is 0.200. The number of aromatic nitrogens is 1. The van der Waals surface area contributed by atoms with Crippen molar-refractivity contribution in [3.8, 4) is 23.6 Å². The molecule has 1 saturated carbocycles. The van der Waals surface area contributed by atoms with Crippen LogP contribution in [0.25, 0.3) is 11.3 Å². The lowest BCUT2D eigenvalue weighted by atomic mass is 9.94. The average Bonchev–Trinajstić information content (AvgIpc) is 3.28. The summed E-state index contributed by atoms with van der Waals surface area (Å²) in [5.74, 6) is 2.44. The van der Waals surface area contributed by atoms with E-state index in [9.17, 15) is 4.79 Å². The number of hydrogen-bond acceptors (Lipinski definition) is 3. The molecule has 1 aliphatic rings. The van der Waals surface area contributed by atoms with E-state index in [1.807, 2.05) is 48.7 Å². The predicted molar refractivity (Wildman–Crippen MR) is 105 cm³/mol. The molecule has 1 N–H and O–H groups in total. The minimum Gasteiger partial charge on any atom is -0.301 e. The van der Waals surface area contributed by atoms with E-state index in [-0.39, 0.29) is 5.91 Å². The van der Waals surface area contributed by atoms with Gasteiger partial charge in [-0.2, -0.15) is 0 Å². The highest BCUT2D eigenvalue weighted by Gasteiger charge is 2.51. The van der Waals surface area contributed by atoms with Crippen molar-refractivity contribution >= 4 is 34.0 Å². The van der Waals surface area contributed by atoms with Crippen molar-refractivity contribution < 1.29 is 4.79 Å². The molecule has 126 valence electrons. The third kappa shape index (κ3) is 3.68. The van der Waals surface area contributed by atoms with Gasteiger partial charge in [0.05, 0.1) is 11.1 Å². The molecule has 1 aromatic heterocycles. The molecule has 0 saturated heterocycles. The lowest BCUT2D eigenvalue weighted by Crippen LogP contribution is -2.25. The van der Waals surface area contributed by atoms with Crippen molar-refractivity contribution in [1.29, 1.82) is 0 Å². The molecule has 0 atom stereocenters. The highest BCUT2D eigenvalue weighted by Crippen LogP contribution is 2.53.